The quantitative estimate of drug-likeness (QED) is 0.709. The summed E-state index contributed by atoms with van der Waals surface area (Å²) in [6.45, 7) is 3.15. The SMILES string of the molecule is Cl.FC(F)(F)c1ccc2c(N3CCNCC3)ncc(-c3ccccc3)c2n1. The van der Waals surface area contributed by atoms with Gasteiger partial charge in [-0.1, -0.05) is 30.3 Å². The number of aromatic nitrogens is 2. The predicted molar refractivity (Wildman–Crippen MR) is 102 cm³/mol. The van der Waals surface area contributed by atoms with Crippen LogP contribution in [0.25, 0.3) is 22.0 Å². The molecule has 0 amide bonds. The van der Waals surface area contributed by atoms with Crippen molar-refractivity contribution in [1.29, 1.82) is 0 Å². The molecule has 1 saturated heterocycles. The zero-order valence-corrected chi connectivity index (χ0v) is 15.1. The van der Waals surface area contributed by atoms with Gasteiger partial charge in [-0.2, -0.15) is 13.2 Å². The minimum Gasteiger partial charge on any atom is -0.354 e. The summed E-state index contributed by atoms with van der Waals surface area (Å²) >= 11 is 0. The van der Waals surface area contributed by atoms with E-state index in [-0.39, 0.29) is 12.4 Å². The average molecular weight is 395 g/mol. The zero-order chi connectivity index (χ0) is 18.1. The first-order valence-corrected chi connectivity index (χ1v) is 8.42. The number of nitrogens with zero attached hydrogens (tertiary/aromatic N) is 3. The minimum atomic E-state index is -4.49. The van der Waals surface area contributed by atoms with Crippen LogP contribution in [0.15, 0.2) is 48.7 Å². The van der Waals surface area contributed by atoms with Crippen LogP contribution in [0.2, 0.25) is 0 Å². The van der Waals surface area contributed by atoms with Gasteiger partial charge in [0.25, 0.3) is 0 Å². The fourth-order valence-electron chi connectivity index (χ4n) is 3.22. The Bertz CT molecular complexity index is 925. The van der Waals surface area contributed by atoms with Crippen molar-refractivity contribution in [3.8, 4) is 11.1 Å². The van der Waals surface area contributed by atoms with Gasteiger partial charge in [-0.3, -0.25) is 0 Å². The Morgan fingerprint density at radius 1 is 0.963 bits per heavy atom. The Morgan fingerprint density at radius 3 is 2.33 bits per heavy atom. The summed E-state index contributed by atoms with van der Waals surface area (Å²) in [6.07, 6.45) is -2.86. The van der Waals surface area contributed by atoms with Crippen LogP contribution in [-0.4, -0.2) is 36.1 Å². The molecule has 0 saturated carbocycles. The Kier molecular flexibility index (Phi) is 5.53. The second-order valence-corrected chi connectivity index (χ2v) is 6.19. The van der Waals surface area contributed by atoms with Gasteiger partial charge >= 0.3 is 6.18 Å². The Balaban J connectivity index is 0.00000210. The fraction of sp³-hybridized carbons (Fsp3) is 0.263. The summed E-state index contributed by atoms with van der Waals surface area (Å²) in [5.41, 5.74) is 0.837. The normalized spacial score (nSPS) is 14.9. The third-order valence-corrected chi connectivity index (χ3v) is 4.50. The third-order valence-electron chi connectivity index (χ3n) is 4.50. The molecule has 3 aromatic rings. The third kappa shape index (κ3) is 3.84. The maximum Gasteiger partial charge on any atom is 0.433 e. The van der Waals surface area contributed by atoms with Gasteiger partial charge in [0.1, 0.15) is 11.5 Å². The molecule has 0 spiro atoms. The lowest BCUT2D eigenvalue weighted by Gasteiger charge is -2.29. The molecule has 4 nitrogen and oxygen atoms in total. The molecule has 0 atom stereocenters. The highest BCUT2D eigenvalue weighted by Gasteiger charge is 2.33. The molecule has 0 unspecified atom stereocenters. The molecule has 1 aliphatic heterocycles. The van der Waals surface area contributed by atoms with Crippen LogP contribution in [0, 0.1) is 0 Å². The number of anilines is 1. The van der Waals surface area contributed by atoms with Crippen molar-refractivity contribution < 1.29 is 13.2 Å². The second kappa shape index (κ2) is 7.70. The van der Waals surface area contributed by atoms with Crippen molar-refractivity contribution >= 4 is 29.1 Å². The van der Waals surface area contributed by atoms with E-state index in [1.165, 1.54) is 6.07 Å². The number of rotatable bonds is 2. The number of benzene rings is 1. The number of piperazine rings is 1. The summed E-state index contributed by atoms with van der Waals surface area (Å²) in [5.74, 6) is 0.683. The van der Waals surface area contributed by atoms with Crippen molar-refractivity contribution in [1.82, 2.24) is 15.3 Å². The molecule has 142 valence electrons. The molecule has 1 fully saturated rings. The summed E-state index contributed by atoms with van der Waals surface area (Å²) in [6, 6.07) is 11.8. The summed E-state index contributed by atoms with van der Waals surface area (Å²) in [5, 5.41) is 3.90. The highest BCUT2D eigenvalue weighted by molar-refractivity contribution is 5.99. The molecule has 4 rings (SSSR count). The van der Waals surface area contributed by atoms with E-state index in [4.69, 9.17) is 0 Å². The Labute approximate surface area is 160 Å². The van der Waals surface area contributed by atoms with E-state index in [0.29, 0.717) is 22.3 Å². The number of alkyl halides is 3. The van der Waals surface area contributed by atoms with E-state index in [0.717, 1.165) is 37.8 Å². The minimum absolute atomic E-state index is 0. The molecule has 1 aliphatic rings. The highest BCUT2D eigenvalue weighted by Crippen LogP contribution is 2.35. The smallest absolute Gasteiger partial charge is 0.354 e. The first-order valence-electron chi connectivity index (χ1n) is 8.42. The molecule has 0 aliphatic carbocycles. The molecule has 2 aromatic heterocycles. The van der Waals surface area contributed by atoms with Crippen LogP contribution in [0.1, 0.15) is 5.69 Å². The number of nitrogens with one attached hydrogen (secondary N) is 1. The molecular formula is C19H18ClF3N4. The number of pyridine rings is 2. The fourth-order valence-corrected chi connectivity index (χ4v) is 3.22. The topological polar surface area (TPSA) is 41.0 Å². The van der Waals surface area contributed by atoms with E-state index in [1.54, 1.807) is 6.20 Å². The van der Waals surface area contributed by atoms with Gasteiger partial charge in [-0.15, -0.1) is 12.4 Å². The largest absolute Gasteiger partial charge is 0.433 e. The first-order chi connectivity index (χ1) is 12.5. The van der Waals surface area contributed by atoms with Gasteiger partial charge in [-0.25, -0.2) is 9.97 Å². The van der Waals surface area contributed by atoms with Crippen LogP contribution < -0.4 is 10.2 Å². The van der Waals surface area contributed by atoms with Crippen LogP contribution >= 0.6 is 12.4 Å². The summed E-state index contributed by atoms with van der Waals surface area (Å²) in [4.78, 5) is 10.6. The van der Waals surface area contributed by atoms with E-state index >= 15 is 0 Å². The van der Waals surface area contributed by atoms with Crippen molar-refractivity contribution in [2.45, 2.75) is 6.18 Å². The lowest BCUT2D eigenvalue weighted by atomic mass is 10.0. The van der Waals surface area contributed by atoms with Crippen molar-refractivity contribution in [3.63, 3.8) is 0 Å². The number of fused-ring (bicyclic) bond motifs is 1. The van der Waals surface area contributed by atoms with Gasteiger partial charge in [0, 0.05) is 43.3 Å². The molecule has 3 heterocycles. The molecule has 1 N–H and O–H groups in total. The lowest BCUT2D eigenvalue weighted by Crippen LogP contribution is -2.44. The second-order valence-electron chi connectivity index (χ2n) is 6.19. The summed E-state index contributed by atoms with van der Waals surface area (Å²) in [7, 11) is 0. The van der Waals surface area contributed by atoms with E-state index < -0.39 is 11.9 Å². The lowest BCUT2D eigenvalue weighted by molar-refractivity contribution is -0.140. The van der Waals surface area contributed by atoms with Gasteiger partial charge in [-0.05, 0) is 17.7 Å². The Hall–Kier alpha value is -2.38. The maximum atomic E-state index is 13.2. The molecule has 0 radical (unpaired) electrons. The van der Waals surface area contributed by atoms with Crippen molar-refractivity contribution in [3.05, 3.63) is 54.4 Å². The molecular weight excluding hydrogens is 377 g/mol. The molecule has 0 bridgehead atoms. The van der Waals surface area contributed by atoms with Gasteiger partial charge in [0.05, 0.1) is 5.52 Å². The average Bonchev–Trinajstić information content (AvgIpc) is 2.67. The van der Waals surface area contributed by atoms with E-state index in [1.807, 2.05) is 30.3 Å². The standard InChI is InChI=1S/C19H17F3N4.ClH/c20-19(21,22)16-7-6-14-17(25-16)15(13-4-2-1-3-5-13)12-24-18(14)26-10-8-23-9-11-26;/h1-7,12,23H,8-11H2;1H. The zero-order valence-electron chi connectivity index (χ0n) is 14.3. The number of hydrogen-bond acceptors (Lipinski definition) is 4. The first kappa shape index (κ1) is 19.4. The highest BCUT2D eigenvalue weighted by atomic mass is 35.5. The number of hydrogen-bond donors (Lipinski definition) is 1. The number of halogens is 4. The van der Waals surface area contributed by atoms with Gasteiger partial charge in [0.2, 0.25) is 0 Å². The van der Waals surface area contributed by atoms with Crippen LogP contribution in [-0.2, 0) is 6.18 Å². The van der Waals surface area contributed by atoms with E-state index in [2.05, 4.69) is 20.2 Å². The van der Waals surface area contributed by atoms with Crippen molar-refractivity contribution in [2.24, 2.45) is 0 Å². The van der Waals surface area contributed by atoms with Gasteiger partial charge < -0.3 is 10.2 Å². The maximum absolute atomic E-state index is 13.2. The van der Waals surface area contributed by atoms with Crippen LogP contribution in [0.3, 0.4) is 0 Å². The monoisotopic (exact) mass is 394 g/mol. The Morgan fingerprint density at radius 2 is 1.67 bits per heavy atom. The molecule has 8 heteroatoms. The molecule has 1 aromatic carbocycles. The summed E-state index contributed by atoms with van der Waals surface area (Å²) < 4.78 is 39.6. The van der Waals surface area contributed by atoms with E-state index in [9.17, 15) is 13.2 Å². The van der Waals surface area contributed by atoms with Crippen molar-refractivity contribution in [2.75, 3.05) is 31.1 Å². The predicted octanol–water partition coefficient (Wildman–Crippen LogP) is 4.15. The van der Waals surface area contributed by atoms with Crippen LogP contribution in [0.4, 0.5) is 19.0 Å². The van der Waals surface area contributed by atoms with Crippen LogP contribution in [0.5, 0.6) is 0 Å². The van der Waals surface area contributed by atoms with Gasteiger partial charge in [0.15, 0.2) is 0 Å². The molecule has 27 heavy (non-hydrogen) atoms.